The molecule has 0 aromatic carbocycles. The summed E-state index contributed by atoms with van der Waals surface area (Å²) in [6, 6.07) is 4.04. The van der Waals surface area contributed by atoms with Crippen molar-refractivity contribution in [2.45, 2.75) is 46.5 Å². The molecule has 5 heteroatoms. The Bertz CT molecular complexity index is 742. The normalized spacial score (nSPS) is 17.8. The van der Waals surface area contributed by atoms with Crippen LogP contribution in [0.2, 0.25) is 0 Å². The quantitative estimate of drug-likeness (QED) is 0.755. The van der Waals surface area contributed by atoms with Gasteiger partial charge in [-0.2, -0.15) is 0 Å². The van der Waals surface area contributed by atoms with Crippen LogP contribution in [0, 0.1) is 11.3 Å². The average molecular weight is 328 g/mol. The zero-order valence-electron chi connectivity index (χ0n) is 14.9. The summed E-state index contributed by atoms with van der Waals surface area (Å²) >= 11 is 0. The van der Waals surface area contributed by atoms with E-state index in [2.05, 4.69) is 37.1 Å². The lowest BCUT2D eigenvalue weighted by molar-refractivity contribution is 0.0949. The molecule has 1 amide bonds. The maximum Gasteiger partial charge on any atom is 0.267 e. The second-order valence-corrected chi connectivity index (χ2v) is 7.91. The Morgan fingerprint density at radius 3 is 2.92 bits per heavy atom. The summed E-state index contributed by atoms with van der Waals surface area (Å²) in [6.07, 6.45) is 4.06. The van der Waals surface area contributed by atoms with Gasteiger partial charge >= 0.3 is 0 Å². The van der Waals surface area contributed by atoms with Crippen LogP contribution in [0.1, 0.15) is 55.4 Å². The third kappa shape index (κ3) is 3.46. The molecule has 0 fully saturated rings. The molecule has 24 heavy (non-hydrogen) atoms. The number of nitrogens with two attached hydrogens (primary N) is 1. The molecule has 1 atom stereocenters. The van der Waals surface area contributed by atoms with E-state index in [1.54, 1.807) is 0 Å². The molecular weight excluding hydrogens is 300 g/mol. The summed E-state index contributed by atoms with van der Waals surface area (Å²) in [5.41, 5.74) is 10.7. The summed E-state index contributed by atoms with van der Waals surface area (Å²) in [7, 11) is 0. The average Bonchev–Trinajstić information content (AvgIpc) is 2.94. The van der Waals surface area contributed by atoms with Crippen LogP contribution in [-0.2, 0) is 12.8 Å². The Labute approximate surface area is 143 Å². The number of aromatic nitrogens is 2. The molecule has 2 aromatic rings. The van der Waals surface area contributed by atoms with Crippen molar-refractivity contribution in [1.82, 2.24) is 15.3 Å². The Hall–Kier alpha value is -1.88. The first-order valence-corrected chi connectivity index (χ1v) is 8.88. The van der Waals surface area contributed by atoms with Crippen LogP contribution in [0.15, 0.2) is 12.1 Å². The Balaban J connectivity index is 1.83. The van der Waals surface area contributed by atoms with Crippen LogP contribution in [0.25, 0.3) is 11.0 Å². The number of amides is 1. The first-order valence-electron chi connectivity index (χ1n) is 8.88. The minimum absolute atomic E-state index is 0.0908. The van der Waals surface area contributed by atoms with E-state index < -0.39 is 0 Å². The molecule has 2 heterocycles. The fourth-order valence-corrected chi connectivity index (χ4v) is 3.47. The van der Waals surface area contributed by atoms with E-state index >= 15 is 0 Å². The Morgan fingerprint density at radius 1 is 1.42 bits per heavy atom. The number of pyridine rings is 1. The van der Waals surface area contributed by atoms with E-state index in [9.17, 15) is 4.79 Å². The van der Waals surface area contributed by atoms with Crippen molar-refractivity contribution in [3.05, 3.63) is 29.1 Å². The molecule has 0 bridgehead atoms. The molecule has 130 valence electrons. The molecule has 0 spiro atoms. The van der Waals surface area contributed by atoms with Gasteiger partial charge in [-0.25, -0.2) is 0 Å². The first kappa shape index (κ1) is 17.0. The van der Waals surface area contributed by atoms with Gasteiger partial charge in [-0.1, -0.05) is 20.8 Å². The minimum Gasteiger partial charge on any atom is -0.351 e. The highest BCUT2D eigenvalue weighted by Crippen LogP contribution is 2.37. The standard InChI is InChI=1S/C19H28N4O/c1-19(2,3)13-5-6-14-12(9-13)10-15-16(22-14)11-17(23-15)18(24)21-8-4-7-20/h10-11,13,23H,4-9,20H2,1-3H3,(H,21,24). The zero-order chi connectivity index (χ0) is 17.3. The largest absolute Gasteiger partial charge is 0.351 e. The number of rotatable bonds is 4. The van der Waals surface area contributed by atoms with E-state index in [1.807, 2.05) is 6.07 Å². The van der Waals surface area contributed by atoms with Crippen LogP contribution >= 0.6 is 0 Å². The van der Waals surface area contributed by atoms with Crippen molar-refractivity contribution >= 4 is 16.9 Å². The number of fused-ring (bicyclic) bond motifs is 2. The summed E-state index contributed by atoms with van der Waals surface area (Å²) < 4.78 is 0. The van der Waals surface area contributed by atoms with Gasteiger partial charge in [0.15, 0.2) is 0 Å². The molecule has 1 aliphatic rings. The highest BCUT2D eigenvalue weighted by Gasteiger charge is 2.29. The molecule has 3 rings (SSSR count). The molecule has 1 unspecified atom stereocenters. The van der Waals surface area contributed by atoms with Crippen molar-refractivity contribution in [3.63, 3.8) is 0 Å². The molecule has 0 radical (unpaired) electrons. The van der Waals surface area contributed by atoms with Gasteiger partial charge in [-0.05, 0) is 61.3 Å². The number of aromatic amines is 1. The van der Waals surface area contributed by atoms with E-state index in [-0.39, 0.29) is 5.91 Å². The Kier molecular flexibility index (Phi) is 4.63. The van der Waals surface area contributed by atoms with Gasteiger partial charge in [-0.3, -0.25) is 9.78 Å². The topological polar surface area (TPSA) is 83.8 Å². The minimum atomic E-state index is -0.0908. The van der Waals surface area contributed by atoms with Gasteiger partial charge in [-0.15, -0.1) is 0 Å². The number of nitrogens with zero attached hydrogens (tertiary/aromatic N) is 1. The summed E-state index contributed by atoms with van der Waals surface area (Å²) in [5.74, 6) is 0.588. The highest BCUT2D eigenvalue weighted by atomic mass is 16.1. The second-order valence-electron chi connectivity index (χ2n) is 7.91. The molecule has 0 saturated carbocycles. The molecular formula is C19H28N4O. The molecule has 0 saturated heterocycles. The van der Waals surface area contributed by atoms with Crippen molar-refractivity contribution in [3.8, 4) is 0 Å². The van der Waals surface area contributed by atoms with Crippen molar-refractivity contribution in [2.24, 2.45) is 17.1 Å². The number of carbonyl (C=O) groups is 1. The SMILES string of the molecule is CC(C)(C)C1CCc2nc3cc(C(=O)NCCCN)[nH]c3cc2C1. The van der Waals surface area contributed by atoms with Gasteiger partial charge in [0, 0.05) is 12.2 Å². The van der Waals surface area contributed by atoms with Crippen LogP contribution < -0.4 is 11.1 Å². The molecule has 5 nitrogen and oxygen atoms in total. The number of nitrogens with one attached hydrogen (secondary N) is 2. The Morgan fingerprint density at radius 2 is 2.21 bits per heavy atom. The van der Waals surface area contributed by atoms with Crippen molar-refractivity contribution in [1.29, 1.82) is 0 Å². The van der Waals surface area contributed by atoms with Gasteiger partial charge in [0.1, 0.15) is 5.69 Å². The fraction of sp³-hybridized carbons (Fsp3) is 0.579. The number of hydrogen-bond acceptors (Lipinski definition) is 3. The molecule has 1 aliphatic carbocycles. The van der Waals surface area contributed by atoms with Crippen LogP contribution in [0.3, 0.4) is 0 Å². The number of aryl methyl sites for hydroxylation is 1. The van der Waals surface area contributed by atoms with E-state index in [4.69, 9.17) is 10.7 Å². The van der Waals surface area contributed by atoms with Crippen LogP contribution in [-0.4, -0.2) is 29.0 Å². The van der Waals surface area contributed by atoms with Gasteiger partial charge in [0.2, 0.25) is 0 Å². The van der Waals surface area contributed by atoms with Gasteiger partial charge in [0.05, 0.1) is 11.0 Å². The lowest BCUT2D eigenvalue weighted by atomic mass is 9.71. The zero-order valence-corrected chi connectivity index (χ0v) is 14.9. The summed E-state index contributed by atoms with van der Waals surface area (Å²) in [5, 5.41) is 2.88. The van der Waals surface area contributed by atoms with Gasteiger partial charge in [0.25, 0.3) is 5.91 Å². The number of hydrogen-bond donors (Lipinski definition) is 3. The maximum absolute atomic E-state index is 12.2. The first-order chi connectivity index (χ1) is 11.4. The highest BCUT2D eigenvalue weighted by molar-refractivity contribution is 5.97. The fourth-order valence-electron chi connectivity index (χ4n) is 3.47. The predicted molar refractivity (Wildman–Crippen MR) is 97.1 cm³/mol. The molecule has 2 aromatic heterocycles. The third-order valence-corrected chi connectivity index (χ3v) is 5.10. The van der Waals surface area contributed by atoms with Crippen molar-refractivity contribution in [2.75, 3.05) is 13.1 Å². The maximum atomic E-state index is 12.2. The summed E-state index contributed by atoms with van der Waals surface area (Å²) in [4.78, 5) is 20.2. The van der Waals surface area contributed by atoms with E-state index in [0.29, 0.717) is 30.1 Å². The van der Waals surface area contributed by atoms with E-state index in [1.165, 1.54) is 17.7 Å². The smallest absolute Gasteiger partial charge is 0.267 e. The number of H-pyrrole nitrogens is 1. The van der Waals surface area contributed by atoms with Crippen molar-refractivity contribution < 1.29 is 4.79 Å². The van der Waals surface area contributed by atoms with Crippen LogP contribution in [0.5, 0.6) is 0 Å². The number of carbonyl (C=O) groups excluding carboxylic acids is 1. The molecule has 0 aliphatic heterocycles. The van der Waals surface area contributed by atoms with E-state index in [0.717, 1.165) is 30.3 Å². The van der Waals surface area contributed by atoms with Crippen LogP contribution in [0.4, 0.5) is 0 Å². The third-order valence-electron chi connectivity index (χ3n) is 5.10. The lowest BCUT2D eigenvalue weighted by Crippen LogP contribution is -2.27. The predicted octanol–water partition coefficient (Wildman–Crippen LogP) is 2.79. The lowest BCUT2D eigenvalue weighted by Gasteiger charge is -2.34. The molecule has 4 N–H and O–H groups in total. The second kappa shape index (κ2) is 6.55. The van der Waals surface area contributed by atoms with Gasteiger partial charge < -0.3 is 16.0 Å². The monoisotopic (exact) mass is 328 g/mol. The summed E-state index contributed by atoms with van der Waals surface area (Å²) in [6.45, 7) is 8.12.